The zero-order valence-electron chi connectivity index (χ0n) is 11.2. The van der Waals surface area contributed by atoms with Gasteiger partial charge in [0.25, 0.3) is 0 Å². The average molecular weight is 236 g/mol. The minimum absolute atomic E-state index is 0.512. The fraction of sp³-hybridized carbons (Fsp3) is 0.222. The highest BCUT2D eigenvalue weighted by atomic mass is 14.1. The fourth-order valence-electron chi connectivity index (χ4n) is 2.35. The van der Waals surface area contributed by atoms with E-state index in [1.165, 1.54) is 22.3 Å². The molecule has 0 fully saturated rings. The van der Waals surface area contributed by atoms with Gasteiger partial charge in [0.2, 0.25) is 0 Å². The summed E-state index contributed by atoms with van der Waals surface area (Å²) in [5, 5.41) is 0. The van der Waals surface area contributed by atoms with Gasteiger partial charge >= 0.3 is 0 Å². The van der Waals surface area contributed by atoms with Crippen LogP contribution in [0.4, 0.5) is 0 Å². The molecular weight excluding hydrogens is 216 g/mol. The number of hydrogen-bond donors (Lipinski definition) is 0. The van der Waals surface area contributed by atoms with Crippen molar-refractivity contribution in [2.75, 3.05) is 0 Å². The molecule has 18 heavy (non-hydrogen) atoms. The molecule has 1 unspecified atom stereocenters. The molecule has 0 heterocycles. The first-order chi connectivity index (χ1) is 8.68. The van der Waals surface area contributed by atoms with E-state index >= 15 is 0 Å². The summed E-state index contributed by atoms with van der Waals surface area (Å²) in [6, 6.07) is 19.1. The summed E-state index contributed by atoms with van der Waals surface area (Å²) in [6.07, 6.45) is 1.01. The average Bonchev–Trinajstić information content (AvgIpc) is 2.40. The monoisotopic (exact) mass is 236 g/mol. The Morgan fingerprint density at radius 1 is 1.00 bits per heavy atom. The molecule has 0 bridgehead atoms. The van der Waals surface area contributed by atoms with Crippen molar-refractivity contribution in [3.8, 4) is 0 Å². The summed E-state index contributed by atoms with van der Waals surface area (Å²) in [5.74, 6) is 0.512. The third kappa shape index (κ3) is 2.89. The first-order valence-corrected chi connectivity index (χ1v) is 6.47. The summed E-state index contributed by atoms with van der Waals surface area (Å²) in [6.45, 7) is 8.66. The summed E-state index contributed by atoms with van der Waals surface area (Å²) in [7, 11) is 0. The Bertz CT molecular complexity index is 523. The van der Waals surface area contributed by atoms with E-state index in [2.05, 4.69) is 75.0 Å². The van der Waals surface area contributed by atoms with E-state index in [0.717, 1.165) is 6.42 Å². The van der Waals surface area contributed by atoms with Gasteiger partial charge in [0.1, 0.15) is 0 Å². The van der Waals surface area contributed by atoms with Gasteiger partial charge in [0.05, 0.1) is 0 Å². The molecule has 0 aliphatic rings. The van der Waals surface area contributed by atoms with Crippen LogP contribution in [-0.2, 0) is 0 Å². The zero-order valence-corrected chi connectivity index (χ0v) is 11.2. The molecule has 2 rings (SSSR count). The zero-order chi connectivity index (χ0) is 13.0. The van der Waals surface area contributed by atoms with Gasteiger partial charge in [-0.2, -0.15) is 0 Å². The van der Waals surface area contributed by atoms with Crippen molar-refractivity contribution >= 4 is 5.57 Å². The van der Waals surface area contributed by atoms with Crippen LogP contribution >= 0.6 is 0 Å². The van der Waals surface area contributed by atoms with Gasteiger partial charge in [-0.1, -0.05) is 68.1 Å². The molecule has 0 aromatic heterocycles. The highest BCUT2D eigenvalue weighted by molar-refractivity contribution is 5.66. The van der Waals surface area contributed by atoms with Crippen molar-refractivity contribution in [3.63, 3.8) is 0 Å². The molecule has 0 N–H and O–H groups in total. The van der Waals surface area contributed by atoms with E-state index in [-0.39, 0.29) is 0 Å². The van der Waals surface area contributed by atoms with Crippen LogP contribution in [0.3, 0.4) is 0 Å². The maximum Gasteiger partial charge on any atom is -0.0150 e. The van der Waals surface area contributed by atoms with E-state index in [0.29, 0.717) is 5.92 Å². The molecule has 0 amide bonds. The lowest BCUT2D eigenvalue weighted by molar-refractivity contribution is 0.792. The van der Waals surface area contributed by atoms with Gasteiger partial charge in [-0.15, -0.1) is 0 Å². The van der Waals surface area contributed by atoms with Gasteiger partial charge in [0, 0.05) is 0 Å². The van der Waals surface area contributed by atoms with Gasteiger partial charge in [-0.05, 0) is 41.5 Å². The molecule has 92 valence electrons. The van der Waals surface area contributed by atoms with Crippen LogP contribution in [0, 0.1) is 6.92 Å². The third-order valence-electron chi connectivity index (χ3n) is 3.45. The largest absolute Gasteiger partial charge is 0.0952 e. The maximum absolute atomic E-state index is 4.25. The predicted molar refractivity (Wildman–Crippen MR) is 79.7 cm³/mol. The molecule has 0 radical (unpaired) electrons. The van der Waals surface area contributed by atoms with Crippen molar-refractivity contribution in [1.82, 2.24) is 0 Å². The Balaban J connectivity index is 2.11. The van der Waals surface area contributed by atoms with E-state index in [9.17, 15) is 0 Å². The van der Waals surface area contributed by atoms with Crippen molar-refractivity contribution < 1.29 is 0 Å². The highest BCUT2D eigenvalue weighted by Crippen LogP contribution is 2.28. The Labute approximate surface area is 110 Å². The minimum atomic E-state index is 0.512. The van der Waals surface area contributed by atoms with Crippen molar-refractivity contribution in [3.05, 3.63) is 77.9 Å². The number of aryl methyl sites for hydroxylation is 1. The van der Waals surface area contributed by atoms with E-state index < -0.39 is 0 Å². The van der Waals surface area contributed by atoms with Crippen LogP contribution in [0.1, 0.15) is 36.0 Å². The normalized spacial score (nSPS) is 12.1. The smallest absolute Gasteiger partial charge is 0.0150 e. The minimum Gasteiger partial charge on any atom is -0.0952 e. The SMILES string of the molecule is C=C(CC(C)c1ccccc1)c1ccccc1C. The fourth-order valence-corrected chi connectivity index (χ4v) is 2.35. The van der Waals surface area contributed by atoms with Gasteiger partial charge < -0.3 is 0 Å². The van der Waals surface area contributed by atoms with Crippen LogP contribution in [0.25, 0.3) is 5.57 Å². The second-order valence-electron chi connectivity index (χ2n) is 4.93. The first-order valence-electron chi connectivity index (χ1n) is 6.47. The molecule has 0 heteroatoms. The second kappa shape index (κ2) is 5.68. The van der Waals surface area contributed by atoms with E-state index in [1.54, 1.807) is 0 Å². The Kier molecular flexibility index (Phi) is 3.99. The highest BCUT2D eigenvalue weighted by Gasteiger charge is 2.09. The predicted octanol–water partition coefficient (Wildman–Crippen LogP) is 5.20. The third-order valence-corrected chi connectivity index (χ3v) is 3.45. The first kappa shape index (κ1) is 12.6. The molecule has 0 nitrogen and oxygen atoms in total. The lowest BCUT2D eigenvalue weighted by Gasteiger charge is -2.15. The van der Waals surface area contributed by atoms with Gasteiger partial charge in [-0.3, -0.25) is 0 Å². The van der Waals surface area contributed by atoms with Crippen LogP contribution < -0.4 is 0 Å². The van der Waals surface area contributed by atoms with Gasteiger partial charge in [0.15, 0.2) is 0 Å². The standard InChI is InChI=1S/C18H20/c1-14-9-7-8-12-18(14)16(3)13-15(2)17-10-5-4-6-11-17/h4-12,15H,3,13H2,1-2H3. The van der Waals surface area contributed by atoms with Crippen LogP contribution in [0.2, 0.25) is 0 Å². The summed E-state index contributed by atoms with van der Waals surface area (Å²) < 4.78 is 0. The Morgan fingerprint density at radius 3 is 2.28 bits per heavy atom. The lowest BCUT2D eigenvalue weighted by Crippen LogP contribution is -1.96. The summed E-state index contributed by atoms with van der Waals surface area (Å²) in [4.78, 5) is 0. The van der Waals surface area contributed by atoms with E-state index in [4.69, 9.17) is 0 Å². The Morgan fingerprint density at radius 2 is 1.61 bits per heavy atom. The number of hydrogen-bond acceptors (Lipinski definition) is 0. The molecule has 0 spiro atoms. The van der Waals surface area contributed by atoms with Crippen LogP contribution in [0.5, 0.6) is 0 Å². The van der Waals surface area contributed by atoms with Crippen molar-refractivity contribution in [2.45, 2.75) is 26.2 Å². The van der Waals surface area contributed by atoms with Crippen LogP contribution in [0.15, 0.2) is 61.2 Å². The molecule has 2 aromatic carbocycles. The second-order valence-corrected chi connectivity index (χ2v) is 4.93. The molecule has 2 aromatic rings. The van der Waals surface area contributed by atoms with Crippen molar-refractivity contribution in [2.24, 2.45) is 0 Å². The van der Waals surface area contributed by atoms with Gasteiger partial charge in [-0.25, -0.2) is 0 Å². The van der Waals surface area contributed by atoms with Crippen LogP contribution in [-0.4, -0.2) is 0 Å². The Hall–Kier alpha value is -1.82. The number of rotatable bonds is 4. The molecular formula is C18H20. The molecule has 0 saturated heterocycles. The summed E-state index contributed by atoms with van der Waals surface area (Å²) >= 11 is 0. The molecule has 0 aliphatic carbocycles. The van der Waals surface area contributed by atoms with Crippen molar-refractivity contribution in [1.29, 1.82) is 0 Å². The molecule has 0 saturated carbocycles. The van der Waals surface area contributed by atoms with E-state index in [1.807, 2.05) is 0 Å². The quantitative estimate of drug-likeness (QED) is 0.684. The maximum atomic E-state index is 4.25. The molecule has 1 atom stereocenters. The number of benzene rings is 2. The lowest BCUT2D eigenvalue weighted by atomic mass is 9.90. The topological polar surface area (TPSA) is 0 Å². The molecule has 0 aliphatic heterocycles. The number of allylic oxidation sites excluding steroid dienone is 1. The summed E-state index contributed by atoms with van der Waals surface area (Å²) in [5.41, 5.74) is 5.21.